The van der Waals surface area contributed by atoms with Crippen molar-refractivity contribution in [1.29, 1.82) is 0 Å². The second-order valence-electron chi connectivity index (χ2n) is 9.03. The van der Waals surface area contributed by atoms with Gasteiger partial charge in [0, 0.05) is 74.9 Å². The molecular formula is C25H36N6O2S. The summed E-state index contributed by atoms with van der Waals surface area (Å²) in [6.07, 6.45) is 0. The van der Waals surface area contributed by atoms with Crippen molar-refractivity contribution >= 4 is 23.5 Å². The lowest BCUT2D eigenvalue weighted by Crippen LogP contribution is -2.45. The molecule has 0 saturated carbocycles. The Hall–Kier alpha value is -2.20. The van der Waals surface area contributed by atoms with Gasteiger partial charge in [0.25, 0.3) is 5.91 Å². The first kappa shape index (κ1) is 24.9. The number of hydrogen-bond donors (Lipinski definition) is 1. The molecule has 0 spiro atoms. The van der Waals surface area contributed by atoms with Gasteiger partial charge in [-0.05, 0) is 38.6 Å². The number of carbonyl (C=O) groups is 1. The van der Waals surface area contributed by atoms with Crippen LogP contribution in [-0.2, 0) is 10.5 Å². The second kappa shape index (κ2) is 12.0. The Labute approximate surface area is 207 Å². The third kappa shape index (κ3) is 6.69. The average Bonchev–Trinajstić information content (AvgIpc) is 2.86. The lowest BCUT2D eigenvalue weighted by molar-refractivity contribution is 0.0383. The van der Waals surface area contributed by atoms with E-state index in [9.17, 15) is 4.79 Å². The standard InChI is InChI=1S/C25H36N6O2S/c1-19-20(2)27-25(28-23(19)31-12-10-29(3)11-13-31)34-18-21-4-6-22(7-5-21)24(32)26-8-9-30-14-16-33-17-15-30/h4-7H,8-18H2,1-3H3,(H,26,32). The molecule has 2 fully saturated rings. The number of ether oxygens (including phenoxy) is 1. The third-order valence-corrected chi connectivity index (χ3v) is 7.47. The van der Waals surface area contributed by atoms with Crippen molar-refractivity contribution in [2.75, 3.05) is 77.5 Å². The molecule has 2 saturated heterocycles. The van der Waals surface area contributed by atoms with E-state index in [2.05, 4.69) is 40.9 Å². The van der Waals surface area contributed by atoms with E-state index >= 15 is 0 Å². The molecule has 1 N–H and O–H groups in total. The molecule has 1 aromatic heterocycles. The summed E-state index contributed by atoms with van der Waals surface area (Å²) in [5.41, 5.74) is 4.04. The first-order valence-corrected chi connectivity index (χ1v) is 13.1. The summed E-state index contributed by atoms with van der Waals surface area (Å²) >= 11 is 1.64. The van der Waals surface area contributed by atoms with Crippen molar-refractivity contribution in [3.63, 3.8) is 0 Å². The maximum Gasteiger partial charge on any atom is 0.251 e. The van der Waals surface area contributed by atoms with Crippen LogP contribution in [0.25, 0.3) is 0 Å². The van der Waals surface area contributed by atoms with Crippen LogP contribution in [-0.4, -0.2) is 98.3 Å². The van der Waals surface area contributed by atoms with Gasteiger partial charge in [-0.3, -0.25) is 9.69 Å². The number of aryl methyl sites for hydroxylation is 1. The highest BCUT2D eigenvalue weighted by Gasteiger charge is 2.19. The van der Waals surface area contributed by atoms with E-state index in [4.69, 9.17) is 14.7 Å². The number of hydrogen-bond acceptors (Lipinski definition) is 8. The molecule has 34 heavy (non-hydrogen) atoms. The van der Waals surface area contributed by atoms with Crippen molar-refractivity contribution in [2.24, 2.45) is 0 Å². The summed E-state index contributed by atoms with van der Waals surface area (Å²) in [5, 5.41) is 3.83. The molecular weight excluding hydrogens is 448 g/mol. The van der Waals surface area contributed by atoms with Crippen LogP contribution in [0.15, 0.2) is 29.4 Å². The fourth-order valence-corrected chi connectivity index (χ4v) is 4.97. The lowest BCUT2D eigenvalue weighted by Gasteiger charge is -2.34. The maximum absolute atomic E-state index is 12.5. The predicted octanol–water partition coefficient (Wildman–Crippen LogP) is 2.20. The number of rotatable bonds is 8. The minimum atomic E-state index is -0.0261. The summed E-state index contributed by atoms with van der Waals surface area (Å²) in [5.74, 6) is 1.80. The largest absolute Gasteiger partial charge is 0.379 e. The molecule has 0 bridgehead atoms. The molecule has 0 atom stereocenters. The molecule has 0 unspecified atom stereocenters. The molecule has 1 aromatic carbocycles. The zero-order chi connectivity index (χ0) is 23.9. The Morgan fingerprint density at radius 2 is 1.74 bits per heavy atom. The van der Waals surface area contributed by atoms with Gasteiger partial charge in [0.1, 0.15) is 5.82 Å². The third-order valence-electron chi connectivity index (χ3n) is 6.55. The number of piperazine rings is 1. The molecule has 1 amide bonds. The van der Waals surface area contributed by atoms with Crippen molar-refractivity contribution < 1.29 is 9.53 Å². The fraction of sp³-hybridized carbons (Fsp3) is 0.560. The number of likely N-dealkylation sites (N-methyl/N-ethyl adjacent to an activating group) is 1. The zero-order valence-electron chi connectivity index (χ0n) is 20.5. The van der Waals surface area contributed by atoms with Gasteiger partial charge in [0.05, 0.1) is 13.2 Å². The Kier molecular flexibility index (Phi) is 8.77. The number of anilines is 1. The Balaban J connectivity index is 1.29. The molecule has 3 heterocycles. The summed E-state index contributed by atoms with van der Waals surface area (Å²) in [6.45, 7) is 13.2. The number of nitrogens with zero attached hydrogens (tertiary/aromatic N) is 5. The minimum absolute atomic E-state index is 0.0261. The van der Waals surface area contributed by atoms with Crippen LogP contribution < -0.4 is 10.2 Å². The minimum Gasteiger partial charge on any atom is -0.379 e. The van der Waals surface area contributed by atoms with Gasteiger partial charge in [0.2, 0.25) is 0 Å². The van der Waals surface area contributed by atoms with E-state index in [1.165, 1.54) is 0 Å². The second-order valence-corrected chi connectivity index (χ2v) is 9.97. The summed E-state index contributed by atoms with van der Waals surface area (Å²) in [4.78, 5) is 29.1. The van der Waals surface area contributed by atoms with E-state index in [1.54, 1.807) is 11.8 Å². The number of carbonyl (C=O) groups excluding carboxylic acids is 1. The predicted molar refractivity (Wildman–Crippen MR) is 137 cm³/mol. The van der Waals surface area contributed by atoms with Crippen LogP contribution in [0.3, 0.4) is 0 Å². The van der Waals surface area contributed by atoms with Gasteiger partial charge in [-0.1, -0.05) is 23.9 Å². The Morgan fingerprint density at radius 1 is 1.03 bits per heavy atom. The van der Waals surface area contributed by atoms with Crippen LogP contribution in [0, 0.1) is 13.8 Å². The van der Waals surface area contributed by atoms with Gasteiger partial charge in [-0.25, -0.2) is 9.97 Å². The highest BCUT2D eigenvalue weighted by Crippen LogP contribution is 2.26. The molecule has 2 aliphatic rings. The van der Waals surface area contributed by atoms with Gasteiger partial charge in [-0.15, -0.1) is 0 Å². The van der Waals surface area contributed by atoms with Crippen molar-refractivity contribution in [3.8, 4) is 0 Å². The number of thioether (sulfide) groups is 1. The van der Waals surface area contributed by atoms with Crippen molar-refractivity contribution in [3.05, 3.63) is 46.6 Å². The number of aromatic nitrogens is 2. The first-order chi connectivity index (χ1) is 16.5. The van der Waals surface area contributed by atoms with Gasteiger partial charge in [-0.2, -0.15) is 0 Å². The number of morpholine rings is 1. The number of nitrogens with one attached hydrogen (secondary N) is 1. The quantitative estimate of drug-likeness (QED) is 0.452. The van der Waals surface area contributed by atoms with E-state index in [-0.39, 0.29) is 5.91 Å². The van der Waals surface area contributed by atoms with Crippen molar-refractivity contribution in [2.45, 2.75) is 24.8 Å². The number of amides is 1. The van der Waals surface area contributed by atoms with E-state index in [0.29, 0.717) is 12.1 Å². The molecule has 0 aliphatic carbocycles. The highest BCUT2D eigenvalue weighted by molar-refractivity contribution is 7.98. The Bertz CT molecular complexity index is 957. The normalized spacial score (nSPS) is 17.7. The monoisotopic (exact) mass is 484 g/mol. The van der Waals surface area contributed by atoms with E-state index in [0.717, 1.165) is 92.6 Å². The molecule has 184 valence electrons. The van der Waals surface area contributed by atoms with Crippen LogP contribution in [0.2, 0.25) is 0 Å². The lowest BCUT2D eigenvalue weighted by atomic mass is 10.1. The van der Waals surface area contributed by atoms with E-state index in [1.807, 2.05) is 24.3 Å². The summed E-state index contributed by atoms with van der Waals surface area (Å²) in [7, 11) is 2.16. The van der Waals surface area contributed by atoms with Crippen LogP contribution in [0.4, 0.5) is 5.82 Å². The van der Waals surface area contributed by atoms with Crippen LogP contribution in [0.5, 0.6) is 0 Å². The highest BCUT2D eigenvalue weighted by atomic mass is 32.2. The smallest absolute Gasteiger partial charge is 0.251 e. The summed E-state index contributed by atoms with van der Waals surface area (Å²) in [6, 6.07) is 7.84. The molecule has 2 aliphatic heterocycles. The van der Waals surface area contributed by atoms with Crippen LogP contribution >= 0.6 is 11.8 Å². The fourth-order valence-electron chi connectivity index (χ4n) is 4.13. The zero-order valence-corrected chi connectivity index (χ0v) is 21.4. The van der Waals surface area contributed by atoms with E-state index < -0.39 is 0 Å². The molecule has 0 radical (unpaired) electrons. The SMILES string of the molecule is Cc1nc(SCc2ccc(C(=O)NCCN3CCOCC3)cc2)nc(N2CCN(C)CC2)c1C. The van der Waals surface area contributed by atoms with Crippen LogP contribution in [0.1, 0.15) is 27.2 Å². The molecule has 4 rings (SSSR count). The molecule has 8 nitrogen and oxygen atoms in total. The first-order valence-electron chi connectivity index (χ1n) is 12.1. The van der Waals surface area contributed by atoms with Gasteiger partial charge in [0.15, 0.2) is 5.16 Å². The summed E-state index contributed by atoms with van der Waals surface area (Å²) < 4.78 is 5.36. The van der Waals surface area contributed by atoms with Gasteiger partial charge < -0.3 is 19.9 Å². The van der Waals surface area contributed by atoms with Crippen molar-refractivity contribution in [1.82, 2.24) is 25.1 Å². The average molecular weight is 485 g/mol. The Morgan fingerprint density at radius 3 is 2.44 bits per heavy atom. The maximum atomic E-state index is 12.5. The molecule has 2 aromatic rings. The number of benzene rings is 1. The molecule has 9 heteroatoms. The topological polar surface area (TPSA) is 73.8 Å². The van der Waals surface area contributed by atoms with Gasteiger partial charge >= 0.3 is 0 Å².